The Kier molecular flexibility index (Phi) is 2.84. The molecule has 0 radical (unpaired) electrons. The van der Waals surface area contributed by atoms with Gasteiger partial charge in [0.05, 0.1) is 11.8 Å². The van der Waals surface area contributed by atoms with E-state index in [1.165, 1.54) is 18.5 Å². The van der Waals surface area contributed by atoms with Crippen LogP contribution in [0.25, 0.3) is 0 Å². The number of nitrogens with one attached hydrogen (secondary N) is 1. The average molecular weight is 248 g/mol. The number of rotatable bonds is 3. The number of hydrogen-bond acceptors (Lipinski definition) is 3. The summed E-state index contributed by atoms with van der Waals surface area (Å²) in [4.78, 5) is 15.7. The minimum Gasteiger partial charge on any atom is -0.506 e. The van der Waals surface area contributed by atoms with Crippen molar-refractivity contribution in [1.29, 1.82) is 0 Å². The van der Waals surface area contributed by atoms with Crippen LogP contribution >= 0.6 is 0 Å². The second-order valence-electron chi connectivity index (χ2n) is 6.14. The molecule has 1 heterocycles. The standard InChI is InChI=1S/C14H20N2O2/c1-13(2)11(14(13,3)4)8-16-12(18)9-5-10(17)7-15-6-9/h5-7,11,17H,8H2,1-4H3,(H,16,18). The van der Waals surface area contributed by atoms with E-state index >= 15 is 0 Å². The molecule has 1 fully saturated rings. The van der Waals surface area contributed by atoms with Gasteiger partial charge in [-0.3, -0.25) is 9.78 Å². The Balaban J connectivity index is 1.95. The fourth-order valence-corrected chi connectivity index (χ4v) is 2.69. The van der Waals surface area contributed by atoms with Crippen LogP contribution in [0.15, 0.2) is 18.5 Å². The lowest BCUT2D eigenvalue weighted by Crippen LogP contribution is -2.27. The molecule has 98 valence electrons. The summed E-state index contributed by atoms with van der Waals surface area (Å²) < 4.78 is 0. The van der Waals surface area contributed by atoms with Crippen LogP contribution in [0.3, 0.4) is 0 Å². The molecular weight excluding hydrogens is 228 g/mol. The van der Waals surface area contributed by atoms with Crippen LogP contribution in [0.1, 0.15) is 38.1 Å². The van der Waals surface area contributed by atoms with E-state index in [2.05, 4.69) is 38.0 Å². The van der Waals surface area contributed by atoms with Gasteiger partial charge in [-0.2, -0.15) is 0 Å². The maximum absolute atomic E-state index is 11.9. The molecule has 18 heavy (non-hydrogen) atoms. The summed E-state index contributed by atoms with van der Waals surface area (Å²) in [7, 11) is 0. The highest BCUT2D eigenvalue weighted by molar-refractivity contribution is 5.94. The predicted octanol–water partition coefficient (Wildman–Crippen LogP) is 2.20. The van der Waals surface area contributed by atoms with E-state index in [-0.39, 0.29) is 22.5 Å². The molecule has 1 aliphatic carbocycles. The van der Waals surface area contributed by atoms with Gasteiger partial charge in [-0.05, 0) is 22.8 Å². The summed E-state index contributed by atoms with van der Waals surface area (Å²) in [5.41, 5.74) is 0.917. The van der Waals surface area contributed by atoms with E-state index in [1.54, 1.807) is 0 Å². The lowest BCUT2D eigenvalue weighted by molar-refractivity contribution is 0.0949. The zero-order valence-electron chi connectivity index (χ0n) is 11.3. The molecule has 0 aromatic carbocycles. The first kappa shape index (κ1) is 12.9. The molecule has 1 aromatic rings. The summed E-state index contributed by atoms with van der Waals surface area (Å²) in [6.07, 6.45) is 2.77. The van der Waals surface area contributed by atoms with Gasteiger partial charge in [0.15, 0.2) is 0 Å². The van der Waals surface area contributed by atoms with E-state index in [4.69, 9.17) is 0 Å². The summed E-state index contributed by atoms with van der Waals surface area (Å²) in [5.74, 6) is 0.311. The number of pyridine rings is 1. The Morgan fingerprint density at radius 1 is 1.33 bits per heavy atom. The lowest BCUT2D eigenvalue weighted by atomic mass is 10.0. The number of hydrogen-bond donors (Lipinski definition) is 2. The molecule has 4 heteroatoms. The van der Waals surface area contributed by atoms with E-state index in [9.17, 15) is 9.90 Å². The van der Waals surface area contributed by atoms with Crippen molar-refractivity contribution in [3.05, 3.63) is 24.0 Å². The van der Waals surface area contributed by atoms with E-state index in [0.717, 1.165) is 0 Å². The van der Waals surface area contributed by atoms with Crippen LogP contribution in [0, 0.1) is 16.7 Å². The van der Waals surface area contributed by atoms with Gasteiger partial charge in [-0.15, -0.1) is 0 Å². The maximum atomic E-state index is 11.9. The molecule has 0 bridgehead atoms. The van der Waals surface area contributed by atoms with Gasteiger partial charge in [0, 0.05) is 12.7 Å². The molecule has 1 aromatic heterocycles. The van der Waals surface area contributed by atoms with Crippen molar-refractivity contribution < 1.29 is 9.90 Å². The smallest absolute Gasteiger partial charge is 0.252 e. The second-order valence-corrected chi connectivity index (χ2v) is 6.14. The first-order valence-corrected chi connectivity index (χ1v) is 6.19. The predicted molar refractivity (Wildman–Crippen MR) is 69.3 cm³/mol. The Hall–Kier alpha value is -1.58. The van der Waals surface area contributed by atoms with Gasteiger partial charge in [-0.1, -0.05) is 27.7 Å². The fraction of sp³-hybridized carbons (Fsp3) is 0.571. The zero-order chi connectivity index (χ0) is 13.6. The molecule has 1 saturated carbocycles. The topological polar surface area (TPSA) is 62.2 Å². The van der Waals surface area contributed by atoms with Crippen LogP contribution in [0.5, 0.6) is 5.75 Å². The van der Waals surface area contributed by atoms with Crippen molar-refractivity contribution in [2.75, 3.05) is 6.54 Å². The van der Waals surface area contributed by atoms with Gasteiger partial charge >= 0.3 is 0 Å². The maximum Gasteiger partial charge on any atom is 0.252 e. The van der Waals surface area contributed by atoms with Gasteiger partial charge < -0.3 is 10.4 Å². The first-order chi connectivity index (χ1) is 8.26. The third-order valence-corrected chi connectivity index (χ3v) is 4.77. The molecule has 2 N–H and O–H groups in total. The Morgan fingerprint density at radius 2 is 1.94 bits per heavy atom. The number of carbonyl (C=O) groups excluding carboxylic acids is 1. The van der Waals surface area contributed by atoms with E-state index in [1.807, 2.05) is 0 Å². The van der Waals surface area contributed by atoms with Crippen LogP contribution in [0.4, 0.5) is 0 Å². The number of nitrogens with zero attached hydrogens (tertiary/aromatic N) is 1. The minimum atomic E-state index is -0.183. The average Bonchev–Trinajstić information content (AvgIpc) is 2.66. The van der Waals surface area contributed by atoms with Gasteiger partial charge in [-0.25, -0.2) is 0 Å². The largest absolute Gasteiger partial charge is 0.506 e. The molecule has 0 unspecified atom stereocenters. The van der Waals surface area contributed by atoms with Crippen molar-refractivity contribution in [3.8, 4) is 5.75 Å². The molecule has 0 atom stereocenters. The van der Waals surface area contributed by atoms with E-state index in [0.29, 0.717) is 18.0 Å². The minimum absolute atomic E-state index is 0.00901. The number of aromatic hydroxyl groups is 1. The van der Waals surface area contributed by atoms with Crippen molar-refractivity contribution in [3.63, 3.8) is 0 Å². The third kappa shape index (κ3) is 1.96. The molecule has 2 rings (SSSR count). The number of carbonyl (C=O) groups is 1. The van der Waals surface area contributed by atoms with Crippen molar-refractivity contribution in [1.82, 2.24) is 10.3 Å². The molecule has 4 nitrogen and oxygen atoms in total. The van der Waals surface area contributed by atoms with Crippen molar-refractivity contribution in [2.24, 2.45) is 16.7 Å². The second kappa shape index (κ2) is 3.97. The molecular formula is C14H20N2O2. The summed E-state index contributed by atoms with van der Waals surface area (Å²) >= 11 is 0. The van der Waals surface area contributed by atoms with Crippen molar-refractivity contribution in [2.45, 2.75) is 27.7 Å². The number of aromatic nitrogens is 1. The first-order valence-electron chi connectivity index (χ1n) is 6.19. The molecule has 1 aliphatic rings. The zero-order valence-corrected chi connectivity index (χ0v) is 11.3. The van der Waals surface area contributed by atoms with Crippen LogP contribution in [0.2, 0.25) is 0 Å². The highest BCUT2D eigenvalue weighted by Gasteiger charge is 2.64. The van der Waals surface area contributed by atoms with Gasteiger partial charge in [0.2, 0.25) is 0 Å². The van der Waals surface area contributed by atoms with E-state index < -0.39 is 0 Å². The Labute approximate surface area is 107 Å². The monoisotopic (exact) mass is 248 g/mol. The highest BCUT2D eigenvalue weighted by atomic mass is 16.3. The molecule has 1 amide bonds. The summed E-state index contributed by atoms with van der Waals surface area (Å²) in [6.45, 7) is 9.55. The van der Waals surface area contributed by atoms with Crippen LogP contribution in [-0.4, -0.2) is 22.5 Å². The van der Waals surface area contributed by atoms with Crippen LogP contribution < -0.4 is 5.32 Å². The lowest BCUT2D eigenvalue weighted by Gasteiger charge is -2.06. The summed E-state index contributed by atoms with van der Waals surface area (Å²) in [6, 6.07) is 1.42. The Morgan fingerprint density at radius 3 is 2.44 bits per heavy atom. The van der Waals surface area contributed by atoms with Crippen LogP contribution in [-0.2, 0) is 0 Å². The third-order valence-electron chi connectivity index (χ3n) is 4.77. The quantitative estimate of drug-likeness (QED) is 0.862. The molecule has 0 aliphatic heterocycles. The number of amides is 1. The normalized spacial score (nSPS) is 20.4. The molecule has 0 spiro atoms. The van der Waals surface area contributed by atoms with Gasteiger partial charge in [0.1, 0.15) is 5.75 Å². The molecule has 0 saturated heterocycles. The Bertz CT molecular complexity index is 466. The van der Waals surface area contributed by atoms with Crippen molar-refractivity contribution >= 4 is 5.91 Å². The fourth-order valence-electron chi connectivity index (χ4n) is 2.69. The SMILES string of the molecule is CC1(C)C(CNC(=O)c2cncc(O)c2)C1(C)C. The summed E-state index contributed by atoms with van der Waals surface area (Å²) in [5, 5.41) is 12.2. The van der Waals surface area contributed by atoms with Gasteiger partial charge in [0.25, 0.3) is 5.91 Å². The highest BCUT2D eigenvalue weighted by Crippen LogP contribution is 2.67.